The summed E-state index contributed by atoms with van der Waals surface area (Å²) >= 11 is 0. The largest absolute Gasteiger partial charge is 0.497 e. The van der Waals surface area contributed by atoms with Crippen molar-refractivity contribution in [2.75, 3.05) is 34.4 Å². The highest BCUT2D eigenvalue weighted by atomic mass is 16.5. The molecule has 1 atom stereocenters. The summed E-state index contributed by atoms with van der Waals surface area (Å²) in [5.41, 5.74) is 0. The normalized spacial score (nSPS) is 16.2. The van der Waals surface area contributed by atoms with Crippen molar-refractivity contribution in [1.82, 2.24) is 25.4 Å². The number of aryl methyl sites for hydroxylation is 1. The van der Waals surface area contributed by atoms with Gasteiger partial charge in [-0.15, -0.1) is 0 Å². The maximum Gasteiger partial charge on any atom is 0.191 e. The zero-order valence-corrected chi connectivity index (χ0v) is 17.4. The van der Waals surface area contributed by atoms with Gasteiger partial charge in [0.25, 0.3) is 0 Å². The summed E-state index contributed by atoms with van der Waals surface area (Å²) in [7, 11) is 5.09. The molecule has 1 aromatic heterocycles. The summed E-state index contributed by atoms with van der Waals surface area (Å²) in [4.78, 5) is 8.83. The Balaban J connectivity index is 1.37. The fraction of sp³-hybridized carbons (Fsp3) is 0.550. The molecule has 0 saturated heterocycles. The van der Waals surface area contributed by atoms with Gasteiger partial charge in [-0.2, -0.15) is 5.10 Å². The van der Waals surface area contributed by atoms with E-state index in [0.29, 0.717) is 13.2 Å². The molecule has 9 heteroatoms. The monoisotopic (exact) mass is 402 g/mol. The highest BCUT2D eigenvalue weighted by Crippen LogP contribution is 2.17. The fourth-order valence-corrected chi connectivity index (χ4v) is 3.20. The highest BCUT2D eigenvalue weighted by molar-refractivity contribution is 5.79. The minimum absolute atomic E-state index is 0.265. The van der Waals surface area contributed by atoms with Crippen LogP contribution in [0.2, 0.25) is 0 Å². The van der Waals surface area contributed by atoms with Crippen molar-refractivity contribution in [2.24, 2.45) is 4.99 Å². The molecule has 3 rings (SSSR count). The minimum Gasteiger partial charge on any atom is -0.497 e. The molecule has 158 valence electrons. The van der Waals surface area contributed by atoms with E-state index in [9.17, 15) is 0 Å². The summed E-state index contributed by atoms with van der Waals surface area (Å²) in [6.45, 7) is 2.62. The van der Waals surface area contributed by atoms with Crippen LogP contribution in [0.1, 0.15) is 24.5 Å². The number of methoxy groups -OCH3 is 2. The summed E-state index contributed by atoms with van der Waals surface area (Å²) < 4.78 is 18.0. The van der Waals surface area contributed by atoms with Crippen LogP contribution < -0.4 is 20.1 Å². The van der Waals surface area contributed by atoms with Gasteiger partial charge in [0.1, 0.15) is 23.9 Å². The summed E-state index contributed by atoms with van der Waals surface area (Å²) in [6, 6.07) is 7.87. The SMILES string of the molecule is CN=C(NCCCOc1ccc(OC)cc1)NC1CCc2nc(COC)nn2C1. The molecule has 0 saturated carbocycles. The molecule has 0 aliphatic carbocycles. The first-order valence-corrected chi connectivity index (χ1v) is 9.87. The Kier molecular flexibility index (Phi) is 7.69. The Morgan fingerprint density at radius 2 is 2.03 bits per heavy atom. The zero-order chi connectivity index (χ0) is 20.5. The summed E-state index contributed by atoms with van der Waals surface area (Å²) in [5, 5.41) is 11.3. The predicted octanol–water partition coefficient (Wildman–Crippen LogP) is 1.38. The predicted molar refractivity (Wildman–Crippen MR) is 110 cm³/mol. The third kappa shape index (κ3) is 6.08. The van der Waals surface area contributed by atoms with E-state index < -0.39 is 0 Å². The number of aromatic nitrogens is 3. The third-order valence-corrected chi connectivity index (χ3v) is 4.68. The number of benzene rings is 1. The second-order valence-corrected chi connectivity index (χ2v) is 6.82. The lowest BCUT2D eigenvalue weighted by Crippen LogP contribution is -2.47. The quantitative estimate of drug-likeness (QED) is 0.372. The van der Waals surface area contributed by atoms with Crippen LogP contribution in [0.4, 0.5) is 0 Å². The lowest BCUT2D eigenvalue weighted by Gasteiger charge is -2.25. The maximum atomic E-state index is 5.75. The van der Waals surface area contributed by atoms with Crippen molar-refractivity contribution in [3.05, 3.63) is 35.9 Å². The topological polar surface area (TPSA) is 94.8 Å². The standard InChI is InChI=1S/C20H30N6O3/c1-21-20(22-11-4-12-29-17-8-6-16(28-3)7-9-17)23-15-5-10-19-24-18(14-27-2)25-26(19)13-15/h6-9,15H,4-5,10-14H2,1-3H3,(H2,21,22,23). The molecule has 1 aromatic carbocycles. The average molecular weight is 402 g/mol. The first kappa shape index (κ1) is 20.9. The number of hydrogen-bond donors (Lipinski definition) is 2. The molecule has 9 nitrogen and oxygen atoms in total. The van der Waals surface area contributed by atoms with Gasteiger partial charge in [0.05, 0.1) is 20.3 Å². The molecule has 2 heterocycles. The van der Waals surface area contributed by atoms with Crippen molar-refractivity contribution in [3.63, 3.8) is 0 Å². The Hall–Kier alpha value is -2.81. The molecule has 0 spiro atoms. The molecule has 1 unspecified atom stereocenters. The molecular formula is C20H30N6O3. The number of ether oxygens (including phenoxy) is 3. The molecule has 1 aliphatic heterocycles. The van der Waals surface area contributed by atoms with Gasteiger partial charge in [-0.25, -0.2) is 9.67 Å². The number of guanidine groups is 1. The van der Waals surface area contributed by atoms with Gasteiger partial charge in [-0.3, -0.25) is 4.99 Å². The molecular weight excluding hydrogens is 372 g/mol. The number of aliphatic imine (C=N–C) groups is 1. The van der Waals surface area contributed by atoms with Gasteiger partial charge in [0, 0.05) is 33.2 Å². The van der Waals surface area contributed by atoms with E-state index >= 15 is 0 Å². The van der Waals surface area contributed by atoms with Crippen molar-refractivity contribution < 1.29 is 14.2 Å². The van der Waals surface area contributed by atoms with Gasteiger partial charge in [-0.1, -0.05) is 0 Å². The second kappa shape index (κ2) is 10.7. The van der Waals surface area contributed by atoms with Gasteiger partial charge >= 0.3 is 0 Å². The maximum absolute atomic E-state index is 5.75. The van der Waals surface area contributed by atoms with Crippen LogP contribution in [0.3, 0.4) is 0 Å². The van der Waals surface area contributed by atoms with Crippen molar-refractivity contribution >= 4 is 5.96 Å². The van der Waals surface area contributed by atoms with Crippen LogP contribution >= 0.6 is 0 Å². The van der Waals surface area contributed by atoms with Crippen LogP contribution in [-0.4, -0.2) is 61.2 Å². The molecule has 0 radical (unpaired) electrons. The number of nitrogens with one attached hydrogen (secondary N) is 2. The summed E-state index contributed by atoms with van der Waals surface area (Å²) in [6.07, 6.45) is 2.75. The molecule has 0 amide bonds. The van der Waals surface area contributed by atoms with E-state index in [2.05, 4.69) is 25.7 Å². The Bertz CT molecular complexity index is 790. The molecule has 2 aromatic rings. The van der Waals surface area contributed by atoms with E-state index in [1.165, 1.54) is 0 Å². The van der Waals surface area contributed by atoms with E-state index in [1.54, 1.807) is 21.3 Å². The summed E-state index contributed by atoms with van der Waals surface area (Å²) in [5.74, 6) is 4.22. The molecule has 0 bridgehead atoms. The Morgan fingerprint density at radius 3 is 2.76 bits per heavy atom. The minimum atomic E-state index is 0.265. The fourth-order valence-electron chi connectivity index (χ4n) is 3.20. The first-order chi connectivity index (χ1) is 14.2. The molecule has 0 fully saturated rings. The van der Waals surface area contributed by atoms with E-state index in [-0.39, 0.29) is 6.04 Å². The van der Waals surface area contributed by atoms with Crippen molar-refractivity contribution in [1.29, 1.82) is 0 Å². The van der Waals surface area contributed by atoms with Crippen LogP contribution in [-0.2, 0) is 24.3 Å². The third-order valence-electron chi connectivity index (χ3n) is 4.68. The van der Waals surface area contributed by atoms with E-state index in [0.717, 1.165) is 61.5 Å². The van der Waals surface area contributed by atoms with Crippen molar-refractivity contribution in [2.45, 2.75) is 38.5 Å². The number of nitrogens with zero attached hydrogens (tertiary/aromatic N) is 4. The number of hydrogen-bond acceptors (Lipinski definition) is 6. The van der Waals surface area contributed by atoms with Crippen LogP contribution in [0.5, 0.6) is 11.5 Å². The van der Waals surface area contributed by atoms with Gasteiger partial charge < -0.3 is 24.8 Å². The lowest BCUT2D eigenvalue weighted by atomic mass is 10.1. The van der Waals surface area contributed by atoms with Gasteiger partial charge in [0.2, 0.25) is 0 Å². The average Bonchev–Trinajstić information content (AvgIpc) is 3.15. The van der Waals surface area contributed by atoms with E-state index in [1.807, 2.05) is 28.9 Å². The van der Waals surface area contributed by atoms with Crippen LogP contribution in [0.25, 0.3) is 0 Å². The number of fused-ring (bicyclic) bond motifs is 1. The van der Waals surface area contributed by atoms with Crippen LogP contribution in [0.15, 0.2) is 29.3 Å². The van der Waals surface area contributed by atoms with Gasteiger partial charge in [-0.05, 0) is 37.1 Å². The Morgan fingerprint density at radius 1 is 1.24 bits per heavy atom. The van der Waals surface area contributed by atoms with Gasteiger partial charge in [0.15, 0.2) is 11.8 Å². The number of rotatable bonds is 9. The smallest absolute Gasteiger partial charge is 0.191 e. The molecule has 29 heavy (non-hydrogen) atoms. The first-order valence-electron chi connectivity index (χ1n) is 9.87. The molecule has 1 aliphatic rings. The Labute approximate surface area is 171 Å². The second-order valence-electron chi connectivity index (χ2n) is 6.82. The van der Waals surface area contributed by atoms with Crippen molar-refractivity contribution in [3.8, 4) is 11.5 Å². The molecule has 2 N–H and O–H groups in total. The lowest BCUT2D eigenvalue weighted by molar-refractivity contribution is 0.177. The highest BCUT2D eigenvalue weighted by Gasteiger charge is 2.22. The zero-order valence-electron chi connectivity index (χ0n) is 17.4. The van der Waals surface area contributed by atoms with Crippen LogP contribution in [0, 0.1) is 0 Å². The van der Waals surface area contributed by atoms with E-state index in [4.69, 9.17) is 14.2 Å².